The summed E-state index contributed by atoms with van der Waals surface area (Å²) in [4.78, 5) is 23.4. The SMILES string of the molecule is COc1cccc(/C=N/NC(=O)CNC(=O)c2cccc(F)c2)c1. The fourth-order valence-electron chi connectivity index (χ4n) is 1.83. The minimum atomic E-state index is -0.540. The molecule has 2 rings (SSSR count). The Balaban J connectivity index is 1.80. The standard InChI is InChI=1S/C17H16FN3O3/c1-24-15-7-2-4-12(8-15)10-20-21-16(22)11-19-17(23)13-5-3-6-14(18)9-13/h2-10H,11H2,1H3,(H,19,23)(H,21,22)/b20-10+. The van der Waals surface area contributed by atoms with Gasteiger partial charge in [0.05, 0.1) is 19.9 Å². The molecule has 0 unspecified atom stereocenters. The van der Waals surface area contributed by atoms with Crippen LogP contribution in [0.2, 0.25) is 0 Å². The Morgan fingerprint density at radius 2 is 2.00 bits per heavy atom. The number of carbonyl (C=O) groups is 2. The lowest BCUT2D eigenvalue weighted by Gasteiger charge is -2.04. The van der Waals surface area contributed by atoms with E-state index in [-0.39, 0.29) is 12.1 Å². The first-order valence-corrected chi connectivity index (χ1v) is 7.08. The number of ether oxygens (including phenoxy) is 1. The number of carbonyl (C=O) groups excluding carboxylic acids is 2. The molecule has 0 saturated heterocycles. The van der Waals surface area contributed by atoms with Crippen molar-refractivity contribution in [3.8, 4) is 5.75 Å². The molecule has 124 valence electrons. The van der Waals surface area contributed by atoms with E-state index in [1.807, 2.05) is 0 Å². The van der Waals surface area contributed by atoms with Crippen LogP contribution in [-0.4, -0.2) is 31.7 Å². The Labute approximate surface area is 138 Å². The lowest BCUT2D eigenvalue weighted by atomic mass is 10.2. The quantitative estimate of drug-likeness (QED) is 0.625. The monoisotopic (exact) mass is 329 g/mol. The maximum absolute atomic E-state index is 13.0. The van der Waals surface area contributed by atoms with Crippen molar-refractivity contribution in [1.29, 1.82) is 0 Å². The first kappa shape index (κ1) is 17.1. The Morgan fingerprint density at radius 1 is 1.21 bits per heavy atom. The summed E-state index contributed by atoms with van der Waals surface area (Å²) in [5, 5.41) is 6.17. The lowest BCUT2D eigenvalue weighted by Crippen LogP contribution is -2.34. The molecule has 0 aliphatic heterocycles. The van der Waals surface area contributed by atoms with Gasteiger partial charge in [-0.3, -0.25) is 9.59 Å². The van der Waals surface area contributed by atoms with E-state index in [9.17, 15) is 14.0 Å². The minimum absolute atomic E-state index is 0.141. The highest BCUT2D eigenvalue weighted by Gasteiger charge is 2.08. The summed E-state index contributed by atoms with van der Waals surface area (Å²) >= 11 is 0. The molecule has 2 amide bonds. The number of methoxy groups -OCH3 is 1. The van der Waals surface area contributed by atoms with Crippen molar-refractivity contribution in [3.05, 3.63) is 65.5 Å². The molecule has 0 fully saturated rings. The number of hydrogen-bond acceptors (Lipinski definition) is 4. The highest BCUT2D eigenvalue weighted by molar-refractivity contribution is 5.96. The number of nitrogens with zero attached hydrogens (tertiary/aromatic N) is 1. The molecule has 6 nitrogen and oxygen atoms in total. The van der Waals surface area contributed by atoms with Crippen LogP contribution in [0.3, 0.4) is 0 Å². The van der Waals surface area contributed by atoms with E-state index in [0.717, 1.165) is 11.6 Å². The van der Waals surface area contributed by atoms with Crippen LogP contribution >= 0.6 is 0 Å². The molecule has 0 radical (unpaired) electrons. The zero-order chi connectivity index (χ0) is 17.4. The maximum Gasteiger partial charge on any atom is 0.259 e. The summed E-state index contributed by atoms with van der Waals surface area (Å²) in [5.74, 6) is -0.886. The molecule has 2 aromatic carbocycles. The predicted molar refractivity (Wildman–Crippen MR) is 87.5 cm³/mol. The van der Waals surface area contributed by atoms with Gasteiger partial charge in [-0.25, -0.2) is 9.82 Å². The Bertz CT molecular complexity index is 762. The second-order valence-electron chi connectivity index (χ2n) is 4.76. The number of rotatable bonds is 6. The molecule has 2 aromatic rings. The summed E-state index contributed by atoms with van der Waals surface area (Å²) in [7, 11) is 1.55. The third-order valence-corrected chi connectivity index (χ3v) is 2.99. The zero-order valence-electron chi connectivity index (χ0n) is 13.0. The summed E-state index contributed by atoms with van der Waals surface area (Å²) in [6, 6.07) is 12.3. The Morgan fingerprint density at radius 3 is 2.75 bits per heavy atom. The summed E-state index contributed by atoms with van der Waals surface area (Å²) in [5.41, 5.74) is 3.18. The largest absolute Gasteiger partial charge is 0.497 e. The normalized spacial score (nSPS) is 10.4. The number of hydrazone groups is 1. The molecule has 7 heteroatoms. The predicted octanol–water partition coefficient (Wildman–Crippen LogP) is 1.71. The topological polar surface area (TPSA) is 79.8 Å². The highest BCUT2D eigenvalue weighted by Crippen LogP contribution is 2.10. The average Bonchev–Trinajstić information content (AvgIpc) is 2.60. The van der Waals surface area contributed by atoms with Gasteiger partial charge in [0.1, 0.15) is 11.6 Å². The molecule has 0 aliphatic rings. The summed E-state index contributed by atoms with van der Waals surface area (Å²) < 4.78 is 18.1. The minimum Gasteiger partial charge on any atom is -0.497 e. The number of halogens is 1. The van der Waals surface area contributed by atoms with Crippen LogP contribution in [0, 0.1) is 5.82 Å². The maximum atomic E-state index is 13.0. The van der Waals surface area contributed by atoms with Crippen molar-refractivity contribution in [1.82, 2.24) is 10.7 Å². The van der Waals surface area contributed by atoms with E-state index >= 15 is 0 Å². The van der Waals surface area contributed by atoms with Crippen molar-refractivity contribution < 1.29 is 18.7 Å². The third-order valence-electron chi connectivity index (χ3n) is 2.99. The summed E-state index contributed by atoms with van der Waals surface area (Å²) in [6.07, 6.45) is 1.45. The number of nitrogens with one attached hydrogen (secondary N) is 2. The van der Waals surface area contributed by atoms with Gasteiger partial charge >= 0.3 is 0 Å². The van der Waals surface area contributed by atoms with Crippen molar-refractivity contribution in [3.63, 3.8) is 0 Å². The molecule has 0 aromatic heterocycles. The van der Waals surface area contributed by atoms with Crippen LogP contribution in [0.5, 0.6) is 5.75 Å². The van der Waals surface area contributed by atoms with Crippen LogP contribution in [0.15, 0.2) is 53.6 Å². The van der Waals surface area contributed by atoms with Gasteiger partial charge in [-0.05, 0) is 35.9 Å². The second-order valence-corrected chi connectivity index (χ2v) is 4.76. The van der Waals surface area contributed by atoms with Gasteiger partial charge in [-0.1, -0.05) is 18.2 Å². The van der Waals surface area contributed by atoms with E-state index in [1.165, 1.54) is 24.4 Å². The van der Waals surface area contributed by atoms with Gasteiger partial charge < -0.3 is 10.1 Å². The Kier molecular flexibility index (Phi) is 6.01. The number of hydrogen-bond donors (Lipinski definition) is 2. The third kappa shape index (κ3) is 5.20. The molecule has 0 bridgehead atoms. The fraction of sp³-hybridized carbons (Fsp3) is 0.118. The molecule has 0 spiro atoms. The molecular formula is C17H16FN3O3. The molecule has 24 heavy (non-hydrogen) atoms. The average molecular weight is 329 g/mol. The van der Waals surface area contributed by atoms with Crippen LogP contribution in [0.25, 0.3) is 0 Å². The lowest BCUT2D eigenvalue weighted by molar-refractivity contribution is -0.120. The molecule has 0 saturated carbocycles. The fourth-order valence-corrected chi connectivity index (χ4v) is 1.83. The van der Waals surface area contributed by atoms with Gasteiger partial charge in [0.2, 0.25) is 0 Å². The van der Waals surface area contributed by atoms with Crippen LogP contribution in [-0.2, 0) is 4.79 Å². The molecular weight excluding hydrogens is 313 g/mol. The summed E-state index contributed by atoms with van der Waals surface area (Å²) in [6.45, 7) is -0.273. The van der Waals surface area contributed by atoms with Gasteiger partial charge in [-0.15, -0.1) is 0 Å². The number of amides is 2. The van der Waals surface area contributed by atoms with E-state index in [0.29, 0.717) is 5.75 Å². The van der Waals surface area contributed by atoms with Crippen molar-refractivity contribution in [2.24, 2.45) is 5.10 Å². The molecule has 0 aliphatic carbocycles. The smallest absolute Gasteiger partial charge is 0.259 e. The first-order valence-electron chi connectivity index (χ1n) is 7.08. The van der Waals surface area contributed by atoms with Crippen LogP contribution in [0.4, 0.5) is 4.39 Å². The second kappa shape index (κ2) is 8.42. The molecule has 2 N–H and O–H groups in total. The van der Waals surface area contributed by atoms with Crippen LogP contribution < -0.4 is 15.5 Å². The van der Waals surface area contributed by atoms with Crippen LogP contribution in [0.1, 0.15) is 15.9 Å². The highest BCUT2D eigenvalue weighted by atomic mass is 19.1. The first-order chi connectivity index (χ1) is 11.6. The van der Waals surface area contributed by atoms with Gasteiger partial charge in [0, 0.05) is 5.56 Å². The van der Waals surface area contributed by atoms with E-state index < -0.39 is 17.6 Å². The van der Waals surface area contributed by atoms with E-state index in [4.69, 9.17) is 4.74 Å². The van der Waals surface area contributed by atoms with E-state index in [2.05, 4.69) is 15.8 Å². The van der Waals surface area contributed by atoms with Crippen molar-refractivity contribution in [2.45, 2.75) is 0 Å². The molecule has 0 heterocycles. The molecule has 0 atom stereocenters. The van der Waals surface area contributed by atoms with Crippen molar-refractivity contribution >= 4 is 18.0 Å². The van der Waals surface area contributed by atoms with E-state index in [1.54, 1.807) is 31.4 Å². The van der Waals surface area contributed by atoms with Crippen molar-refractivity contribution in [2.75, 3.05) is 13.7 Å². The van der Waals surface area contributed by atoms with Gasteiger partial charge in [0.25, 0.3) is 11.8 Å². The zero-order valence-corrected chi connectivity index (χ0v) is 13.0. The van der Waals surface area contributed by atoms with Gasteiger partial charge in [0.15, 0.2) is 0 Å². The Hall–Kier alpha value is -3.22. The number of benzene rings is 2. The van der Waals surface area contributed by atoms with Gasteiger partial charge in [-0.2, -0.15) is 5.10 Å².